The monoisotopic (exact) mass is 371 g/mol. The number of halogens is 1. The maximum absolute atomic E-state index is 12.1. The second kappa shape index (κ2) is 8.00. The van der Waals surface area contributed by atoms with Crippen molar-refractivity contribution in [3.8, 4) is 10.6 Å². The fraction of sp³-hybridized carbons (Fsp3) is 0.111. The molecule has 0 bridgehead atoms. The number of nitrogens with one attached hydrogen (secondary N) is 1. The van der Waals surface area contributed by atoms with Crippen molar-refractivity contribution in [1.29, 1.82) is 0 Å². The molecule has 0 unspecified atom stereocenters. The molecule has 0 spiro atoms. The zero-order chi connectivity index (χ0) is 17.6. The van der Waals surface area contributed by atoms with Crippen LogP contribution in [0.15, 0.2) is 54.6 Å². The third kappa shape index (κ3) is 4.71. The molecule has 1 heterocycles. The van der Waals surface area contributed by atoms with E-state index in [0.717, 1.165) is 10.6 Å². The van der Waals surface area contributed by atoms with Crippen LogP contribution in [0.3, 0.4) is 0 Å². The molecule has 126 valence electrons. The summed E-state index contributed by atoms with van der Waals surface area (Å²) >= 11 is 7.09. The Kier molecular flexibility index (Phi) is 5.53. The first-order valence-electron chi connectivity index (χ1n) is 7.59. The van der Waals surface area contributed by atoms with E-state index in [1.807, 2.05) is 30.3 Å². The van der Waals surface area contributed by atoms with Gasteiger partial charge in [-0.05, 0) is 24.3 Å². The second-order valence-corrected chi connectivity index (χ2v) is 6.67. The van der Waals surface area contributed by atoms with Crippen molar-refractivity contribution in [2.24, 2.45) is 0 Å². The zero-order valence-electron chi connectivity index (χ0n) is 13.1. The van der Waals surface area contributed by atoms with Crippen molar-refractivity contribution in [3.63, 3.8) is 0 Å². The van der Waals surface area contributed by atoms with Crippen LogP contribution in [-0.4, -0.2) is 21.9 Å². The molecule has 0 aliphatic rings. The topological polar surface area (TPSA) is 72.0 Å². The van der Waals surface area contributed by atoms with E-state index in [4.69, 9.17) is 11.6 Å². The first kappa shape index (κ1) is 17.3. The lowest BCUT2D eigenvalue weighted by Crippen LogP contribution is -2.13. The summed E-state index contributed by atoms with van der Waals surface area (Å²) in [7, 11) is 0. The zero-order valence-corrected chi connectivity index (χ0v) is 14.7. The van der Waals surface area contributed by atoms with Crippen molar-refractivity contribution in [1.82, 2.24) is 10.2 Å². The Labute approximate surface area is 153 Å². The molecule has 25 heavy (non-hydrogen) atoms. The van der Waals surface area contributed by atoms with Crippen molar-refractivity contribution < 1.29 is 9.59 Å². The number of rotatable bonds is 6. The van der Waals surface area contributed by atoms with Gasteiger partial charge in [-0.2, -0.15) is 0 Å². The normalized spacial score (nSPS) is 10.4. The highest BCUT2D eigenvalue weighted by Gasteiger charge is 2.12. The van der Waals surface area contributed by atoms with E-state index >= 15 is 0 Å². The molecule has 1 N–H and O–H groups in total. The predicted octanol–water partition coefficient (Wildman–Crippen LogP) is 4.46. The number of Topliss-reactive ketones (excluding diaryl/α,β-unsaturated/α-hetero) is 1. The van der Waals surface area contributed by atoms with Crippen LogP contribution < -0.4 is 5.32 Å². The van der Waals surface area contributed by atoms with E-state index in [2.05, 4.69) is 15.5 Å². The third-order valence-corrected chi connectivity index (χ3v) is 4.58. The summed E-state index contributed by atoms with van der Waals surface area (Å²) in [6.45, 7) is 0. The lowest BCUT2D eigenvalue weighted by Gasteiger charge is -2.02. The number of carbonyl (C=O) groups is 2. The maximum atomic E-state index is 12.1. The minimum absolute atomic E-state index is 0.0850. The van der Waals surface area contributed by atoms with Crippen LogP contribution >= 0.6 is 22.9 Å². The van der Waals surface area contributed by atoms with Gasteiger partial charge < -0.3 is 5.32 Å². The number of ketones is 1. The van der Waals surface area contributed by atoms with Crippen LogP contribution in [0.1, 0.15) is 23.2 Å². The van der Waals surface area contributed by atoms with E-state index < -0.39 is 0 Å². The molecule has 0 atom stereocenters. The van der Waals surface area contributed by atoms with E-state index in [0.29, 0.717) is 15.7 Å². The van der Waals surface area contributed by atoms with Gasteiger partial charge in [-0.25, -0.2) is 0 Å². The summed E-state index contributed by atoms with van der Waals surface area (Å²) in [5.41, 5.74) is 1.48. The van der Waals surface area contributed by atoms with Crippen LogP contribution in [0.25, 0.3) is 10.6 Å². The fourth-order valence-corrected chi connectivity index (χ4v) is 3.05. The molecule has 0 fully saturated rings. The molecule has 1 amide bonds. The summed E-state index contributed by atoms with van der Waals surface area (Å²) in [5.74, 6) is -0.368. The number of amides is 1. The summed E-state index contributed by atoms with van der Waals surface area (Å²) in [6, 6.07) is 16.2. The summed E-state index contributed by atoms with van der Waals surface area (Å²) in [4.78, 5) is 24.1. The Hall–Kier alpha value is -2.57. The molecule has 7 heteroatoms. The first-order valence-corrected chi connectivity index (χ1v) is 8.79. The number of benzene rings is 2. The van der Waals surface area contributed by atoms with Crippen LogP contribution in [0.5, 0.6) is 0 Å². The smallest absolute Gasteiger partial charge is 0.226 e. The largest absolute Gasteiger partial charge is 0.301 e. The van der Waals surface area contributed by atoms with Gasteiger partial charge in [0.05, 0.1) is 0 Å². The summed E-state index contributed by atoms with van der Waals surface area (Å²) < 4.78 is 0. The highest BCUT2D eigenvalue weighted by Crippen LogP contribution is 2.26. The molecular weight excluding hydrogens is 358 g/mol. The average molecular weight is 372 g/mol. The fourth-order valence-electron chi connectivity index (χ4n) is 2.16. The van der Waals surface area contributed by atoms with Crippen molar-refractivity contribution >= 4 is 39.8 Å². The second-order valence-electron chi connectivity index (χ2n) is 5.26. The number of hydrogen-bond acceptors (Lipinski definition) is 5. The van der Waals surface area contributed by atoms with Crippen LogP contribution in [0.4, 0.5) is 5.13 Å². The molecule has 0 aliphatic heterocycles. The standard InChI is InChI=1S/C18H14ClN3O2S/c19-14-8-6-12(7-9-14)15(23)10-11-16(24)20-18-22-21-17(25-18)13-4-2-1-3-5-13/h1-9H,10-11H2,(H,20,22,24). The minimum atomic E-state index is -0.266. The Morgan fingerprint density at radius 2 is 1.68 bits per heavy atom. The van der Waals surface area contributed by atoms with Gasteiger partial charge in [0.15, 0.2) is 5.78 Å². The lowest BCUT2D eigenvalue weighted by atomic mass is 10.1. The number of carbonyl (C=O) groups excluding carboxylic acids is 2. The highest BCUT2D eigenvalue weighted by atomic mass is 35.5. The van der Waals surface area contributed by atoms with Crippen LogP contribution in [0.2, 0.25) is 5.02 Å². The SMILES string of the molecule is O=C(CCC(=O)c1ccc(Cl)cc1)Nc1nnc(-c2ccccc2)s1. The van der Waals surface area contributed by atoms with Gasteiger partial charge in [0.2, 0.25) is 11.0 Å². The van der Waals surface area contributed by atoms with E-state index in [1.54, 1.807) is 24.3 Å². The number of nitrogens with zero attached hydrogens (tertiary/aromatic N) is 2. The van der Waals surface area contributed by atoms with Gasteiger partial charge in [0, 0.05) is 29.0 Å². The van der Waals surface area contributed by atoms with Gasteiger partial charge >= 0.3 is 0 Å². The number of hydrogen-bond donors (Lipinski definition) is 1. The lowest BCUT2D eigenvalue weighted by molar-refractivity contribution is -0.116. The predicted molar refractivity (Wildman–Crippen MR) is 99.0 cm³/mol. The third-order valence-electron chi connectivity index (χ3n) is 3.44. The van der Waals surface area contributed by atoms with Crippen LogP contribution in [-0.2, 0) is 4.79 Å². The van der Waals surface area contributed by atoms with E-state index in [-0.39, 0.29) is 24.5 Å². The highest BCUT2D eigenvalue weighted by molar-refractivity contribution is 7.18. The number of anilines is 1. The molecule has 3 aromatic rings. The number of aromatic nitrogens is 2. The quantitative estimate of drug-likeness (QED) is 0.649. The van der Waals surface area contributed by atoms with Gasteiger partial charge in [-0.3, -0.25) is 9.59 Å². The molecule has 0 aliphatic carbocycles. The summed E-state index contributed by atoms with van der Waals surface area (Å²) in [6.07, 6.45) is 0.208. The minimum Gasteiger partial charge on any atom is -0.301 e. The Morgan fingerprint density at radius 1 is 0.960 bits per heavy atom. The molecule has 1 aromatic heterocycles. The molecule has 0 saturated heterocycles. The van der Waals surface area contributed by atoms with Crippen LogP contribution in [0, 0.1) is 0 Å². The van der Waals surface area contributed by atoms with Crippen molar-refractivity contribution in [2.45, 2.75) is 12.8 Å². The van der Waals surface area contributed by atoms with Crippen molar-refractivity contribution in [3.05, 3.63) is 65.2 Å². The Morgan fingerprint density at radius 3 is 2.40 bits per heavy atom. The molecule has 0 saturated carbocycles. The Balaban J connectivity index is 1.54. The van der Waals surface area contributed by atoms with E-state index in [9.17, 15) is 9.59 Å². The Bertz CT molecular complexity index is 879. The van der Waals surface area contributed by atoms with Gasteiger partial charge in [-0.15, -0.1) is 10.2 Å². The molecule has 2 aromatic carbocycles. The van der Waals surface area contributed by atoms with E-state index in [1.165, 1.54) is 11.3 Å². The summed E-state index contributed by atoms with van der Waals surface area (Å²) in [5, 5.41) is 12.4. The maximum Gasteiger partial charge on any atom is 0.226 e. The molecule has 3 rings (SSSR count). The van der Waals surface area contributed by atoms with Crippen molar-refractivity contribution in [2.75, 3.05) is 5.32 Å². The molecule has 0 radical (unpaired) electrons. The molecule has 5 nitrogen and oxygen atoms in total. The van der Waals surface area contributed by atoms with Gasteiger partial charge in [0.25, 0.3) is 0 Å². The molecular formula is C18H14ClN3O2S. The first-order chi connectivity index (χ1) is 12.1. The van der Waals surface area contributed by atoms with Gasteiger partial charge in [-0.1, -0.05) is 53.3 Å². The van der Waals surface area contributed by atoms with Gasteiger partial charge in [0.1, 0.15) is 5.01 Å². The average Bonchev–Trinajstić information content (AvgIpc) is 3.09.